The Morgan fingerprint density at radius 3 is 2.46 bits per heavy atom. The first-order valence-electron chi connectivity index (χ1n) is 8.34. The van der Waals surface area contributed by atoms with Gasteiger partial charge in [-0.15, -0.1) is 0 Å². The lowest BCUT2D eigenvalue weighted by molar-refractivity contribution is -0.111. The van der Waals surface area contributed by atoms with Crippen molar-refractivity contribution in [2.24, 2.45) is 0 Å². The predicted octanol–water partition coefficient (Wildman–Crippen LogP) is 4.19. The van der Waals surface area contributed by atoms with Gasteiger partial charge in [-0.1, -0.05) is 42.5 Å². The highest BCUT2D eigenvalue weighted by Crippen LogP contribution is 2.23. The molecule has 0 saturated heterocycles. The quantitative estimate of drug-likeness (QED) is 0.680. The number of carbonyl (C=O) groups is 1. The number of ether oxygens (including phenoxy) is 1. The fourth-order valence-corrected chi connectivity index (χ4v) is 2.36. The summed E-state index contributed by atoms with van der Waals surface area (Å²) < 4.78 is 5.50. The van der Waals surface area contributed by atoms with Crippen LogP contribution in [0, 0.1) is 0 Å². The van der Waals surface area contributed by atoms with Crippen LogP contribution in [-0.2, 0) is 4.79 Å². The van der Waals surface area contributed by atoms with Gasteiger partial charge < -0.3 is 10.1 Å². The van der Waals surface area contributed by atoms with Gasteiger partial charge in [-0.05, 0) is 25.1 Å². The zero-order valence-corrected chi connectivity index (χ0v) is 14.4. The maximum absolute atomic E-state index is 12.1. The molecule has 5 heteroatoms. The van der Waals surface area contributed by atoms with Crippen LogP contribution >= 0.6 is 0 Å². The van der Waals surface area contributed by atoms with E-state index in [-0.39, 0.29) is 5.91 Å². The van der Waals surface area contributed by atoms with Crippen molar-refractivity contribution in [3.05, 3.63) is 78.6 Å². The highest BCUT2D eigenvalue weighted by molar-refractivity contribution is 6.02. The Bertz CT molecular complexity index is 891. The molecule has 0 aliphatic carbocycles. The van der Waals surface area contributed by atoms with E-state index in [0.29, 0.717) is 23.9 Å². The normalized spacial score (nSPS) is 10.7. The van der Waals surface area contributed by atoms with E-state index in [4.69, 9.17) is 4.74 Å². The second-order valence-electron chi connectivity index (χ2n) is 5.46. The minimum atomic E-state index is -0.246. The summed E-state index contributed by atoms with van der Waals surface area (Å²) in [5, 5.41) is 2.81. The molecule has 0 radical (unpaired) electrons. The van der Waals surface area contributed by atoms with E-state index in [2.05, 4.69) is 15.3 Å². The molecule has 0 aliphatic heterocycles. The van der Waals surface area contributed by atoms with Crippen LogP contribution in [0.1, 0.15) is 12.5 Å². The number of para-hydroxylation sites is 2. The summed E-state index contributed by atoms with van der Waals surface area (Å²) >= 11 is 0. The summed E-state index contributed by atoms with van der Waals surface area (Å²) in [7, 11) is 0. The molecule has 3 rings (SSSR count). The van der Waals surface area contributed by atoms with Crippen molar-refractivity contribution >= 4 is 17.7 Å². The van der Waals surface area contributed by atoms with E-state index in [1.807, 2.05) is 55.5 Å². The first-order chi connectivity index (χ1) is 12.8. The summed E-state index contributed by atoms with van der Waals surface area (Å²) in [6.45, 7) is 2.44. The minimum absolute atomic E-state index is 0.246. The van der Waals surface area contributed by atoms with E-state index < -0.39 is 0 Å². The third-order valence-corrected chi connectivity index (χ3v) is 3.58. The molecule has 1 amide bonds. The van der Waals surface area contributed by atoms with E-state index in [1.54, 1.807) is 24.5 Å². The molecule has 0 saturated carbocycles. The first-order valence-corrected chi connectivity index (χ1v) is 8.34. The number of anilines is 1. The number of amides is 1. The van der Waals surface area contributed by atoms with Crippen LogP contribution < -0.4 is 10.1 Å². The summed E-state index contributed by atoms with van der Waals surface area (Å²) in [6, 6.07) is 17.1. The van der Waals surface area contributed by atoms with Crippen LogP contribution in [0.25, 0.3) is 17.5 Å². The number of rotatable bonds is 6. The van der Waals surface area contributed by atoms with Gasteiger partial charge in [0.25, 0.3) is 0 Å². The van der Waals surface area contributed by atoms with E-state index in [0.717, 1.165) is 11.1 Å². The topological polar surface area (TPSA) is 64.1 Å². The van der Waals surface area contributed by atoms with Gasteiger partial charge in [0.1, 0.15) is 5.75 Å². The summed E-state index contributed by atoms with van der Waals surface area (Å²) in [4.78, 5) is 20.8. The zero-order valence-electron chi connectivity index (χ0n) is 14.4. The van der Waals surface area contributed by atoms with Crippen LogP contribution in [0.2, 0.25) is 0 Å². The third kappa shape index (κ3) is 4.54. The van der Waals surface area contributed by atoms with Crippen molar-refractivity contribution in [2.45, 2.75) is 6.92 Å². The van der Waals surface area contributed by atoms with Crippen molar-refractivity contribution in [1.82, 2.24) is 9.97 Å². The van der Waals surface area contributed by atoms with Gasteiger partial charge in [0, 0.05) is 29.6 Å². The second-order valence-corrected chi connectivity index (χ2v) is 5.46. The lowest BCUT2D eigenvalue weighted by Gasteiger charge is -2.09. The highest BCUT2D eigenvalue weighted by Gasteiger charge is 2.05. The van der Waals surface area contributed by atoms with Gasteiger partial charge >= 0.3 is 0 Å². The molecule has 0 fully saturated rings. The fraction of sp³-hybridized carbons (Fsp3) is 0.0952. The van der Waals surface area contributed by atoms with Gasteiger partial charge in [0.15, 0.2) is 5.82 Å². The summed E-state index contributed by atoms with van der Waals surface area (Å²) in [5.74, 6) is 1.05. The number of benzene rings is 2. The van der Waals surface area contributed by atoms with Crippen molar-refractivity contribution in [2.75, 3.05) is 11.9 Å². The summed E-state index contributed by atoms with van der Waals surface area (Å²) in [6.07, 6.45) is 6.50. The van der Waals surface area contributed by atoms with Crippen LogP contribution in [0.4, 0.5) is 5.69 Å². The molecular formula is C21H19N3O2. The molecule has 3 aromatic rings. The molecule has 130 valence electrons. The average Bonchev–Trinajstić information content (AvgIpc) is 2.69. The predicted molar refractivity (Wildman–Crippen MR) is 103 cm³/mol. The molecule has 1 aromatic heterocycles. The largest absolute Gasteiger partial charge is 0.492 e. The standard InChI is InChI=1S/C21H19N3O2/c1-2-26-19-11-7-6-10-18(19)24-20(25)13-12-16-14-22-21(23-15-16)17-8-4-3-5-9-17/h3-15H,2H2,1H3,(H,24,25). The Morgan fingerprint density at radius 2 is 1.73 bits per heavy atom. The SMILES string of the molecule is CCOc1ccccc1NC(=O)C=Cc1cnc(-c2ccccc2)nc1. The Hall–Kier alpha value is -3.47. The molecule has 0 bridgehead atoms. The zero-order chi connectivity index (χ0) is 18.2. The van der Waals surface area contributed by atoms with E-state index in [9.17, 15) is 4.79 Å². The monoisotopic (exact) mass is 345 g/mol. The maximum atomic E-state index is 12.1. The lowest BCUT2D eigenvalue weighted by atomic mass is 10.2. The molecule has 2 aromatic carbocycles. The lowest BCUT2D eigenvalue weighted by Crippen LogP contribution is -2.09. The Labute approximate surface area is 152 Å². The smallest absolute Gasteiger partial charge is 0.248 e. The highest BCUT2D eigenvalue weighted by atomic mass is 16.5. The number of nitrogens with one attached hydrogen (secondary N) is 1. The second kappa shape index (κ2) is 8.58. The minimum Gasteiger partial charge on any atom is -0.492 e. The molecule has 26 heavy (non-hydrogen) atoms. The molecule has 1 heterocycles. The van der Waals surface area contributed by atoms with Gasteiger partial charge in [-0.3, -0.25) is 4.79 Å². The van der Waals surface area contributed by atoms with E-state index in [1.165, 1.54) is 6.08 Å². The van der Waals surface area contributed by atoms with Crippen molar-refractivity contribution < 1.29 is 9.53 Å². The Balaban J connectivity index is 1.65. The average molecular weight is 345 g/mol. The van der Waals surface area contributed by atoms with Gasteiger partial charge in [-0.2, -0.15) is 0 Å². The van der Waals surface area contributed by atoms with E-state index >= 15 is 0 Å². The van der Waals surface area contributed by atoms with Crippen LogP contribution in [0.15, 0.2) is 73.1 Å². The van der Waals surface area contributed by atoms with Crippen molar-refractivity contribution in [3.8, 4) is 17.1 Å². The molecule has 0 aliphatic rings. The van der Waals surface area contributed by atoms with Gasteiger partial charge in [0.05, 0.1) is 12.3 Å². The molecule has 0 atom stereocenters. The molecular weight excluding hydrogens is 326 g/mol. The molecule has 0 spiro atoms. The first kappa shape index (κ1) is 17.4. The van der Waals surface area contributed by atoms with Gasteiger partial charge in [-0.25, -0.2) is 9.97 Å². The number of nitrogens with zero attached hydrogens (tertiary/aromatic N) is 2. The van der Waals surface area contributed by atoms with Crippen LogP contribution in [0.5, 0.6) is 5.75 Å². The van der Waals surface area contributed by atoms with Crippen LogP contribution in [-0.4, -0.2) is 22.5 Å². The van der Waals surface area contributed by atoms with Gasteiger partial charge in [0.2, 0.25) is 5.91 Å². The number of aromatic nitrogens is 2. The number of hydrogen-bond acceptors (Lipinski definition) is 4. The molecule has 1 N–H and O–H groups in total. The van der Waals surface area contributed by atoms with Crippen molar-refractivity contribution in [1.29, 1.82) is 0 Å². The summed E-state index contributed by atoms with van der Waals surface area (Å²) in [5.41, 5.74) is 2.34. The molecule has 0 unspecified atom stereocenters. The van der Waals surface area contributed by atoms with Crippen molar-refractivity contribution in [3.63, 3.8) is 0 Å². The Kier molecular flexibility index (Phi) is 5.72. The number of carbonyl (C=O) groups excluding carboxylic acids is 1. The fourth-order valence-electron chi connectivity index (χ4n) is 2.36. The van der Waals surface area contributed by atoms with Crippen LogP contribution in [0.3, 0.4) is 0 Å². The number of hydrogen-bond donors (Lipinski definition) is 1. The Morgan fingerprint density at radius 1 is 1.04 bits per heavy atom. The maximum Gasteiger partial charge on any atom is 0.248 e. The molecule has 5 nitrogen and oxygen atoms in total. The third-order valence-electron chi connectivity index (χ3n) is 3.58.